The topological polar surface area (TPSA) is 49.4 Å². The summed E-state index contributed by atoms with van der Waals surface area (Å²) < 4.78 is 0. The molecule has 1 N–H and O–H groups in total. The lowest BCUT2D eigenvalue weighted by molar-refractivity contribution is -0.123. The average molecular weight is 336 g/mol. The van der Waals surface area contributed by atoms with Gasteiger partial charge in [-0.25, -0.2) is 0 Å². The molecule has 0 saturated heterocycles. The van der Waals surface area contributed by atoms with Gasteiger partial charge in [-0.15, -0.1) is 0 Å². The average Bonchev–Trinajstić information content (AvgIpc) is 3.36. The van der Waals surface area contributed by atoms with Crippen molar-refractivity contribution in [2.24, 2.45) is 11.8 Å². The van der Waals surface area contributed by atoms with Gasteiger partial charge >= 0.3 is 0 Å². The number of amides is 2. The van der Waals surface area contributed by atoms with E-state index in [1.807, 2.05) is 63.2 Å². The van der Waals surface area contributed by atoms with Crippen LogP contribution in [0.2, 0.25) is 0 Å². The maximum atomic E-state index is 12.8. The number of anilines is 2. The Labute approximate surface area is 148 Å². The Kier molecular flexibility index (Phi) is 4.88. The van der Waals surface area contributed by atoms with Crippen LogP contribution in [0.1, 0.15) is 24.5 Å². The van der Waals surface area contributed by atoms with Crippen molar-refractivity contribution in [3.63, 3.8) is 0 Å². The third kappa shape index (κ3) is 3.90. The quantitative estimate of drug-likeness (QED) is 0.899. The van der Waals surface area contributed by atoms with Gasteiger partial charge in [0.15, 0.2) is 0 Å². The summed E-state index contributed by atoms with van der Waals surface area (Å²) in [6.45, 7) is 6.57. The summed E-state index contributed by atoms with van der Waals surface area (Å²) in [6.07, 6.45) is 0.624. The number of benzene rings is 2. The molecule has 130 valence electrons. The van der Waals surface area contributed by atoms with Crippen molar-refractivity contribution in [1.29, 1.82) is 0 Å². The Bertz CT molecular complexity index is 765. The molecule has 3 rings (SSSR count). The molecule has 2 atom stereocenters. The van der Waals surface area contributed by atoms with E-state index in [2.05, 4.69) is 11.4 Å². The summed E-state index contributed by atoms with van der Waals surface area (Å²) in [6, 6.07) is 15.6. The van der Waals surface area contributed by atoms with Crippen molar-refractivity contribution in [2.45, 2.75) is 27.2 Å². The maximum Gasteiger partial charge on any atom is 0.230 e. The normalized spacial score (nSPS) is 18.5. The first-order chi connectivity index (χ1) is 12.0. The molecule has 1 aliphatic rings. The first-order valence-corrected chi connectivity index (χ1v) is 8.75. The number of carbonyl (C=O) groups is 2. The molecule has 2 aromatic carbocycles. The van der Waals surface area contributed by atoms with Gasteiger partial charge < -0.3 is 10.2 Å². The van der Waals surface area contributed by atoms with Crippen LogP contribution in [0.15, 0.2) is 48.5 Å². The number of rotatable bonds is 5. The summed E-state index contributed by atoms with van der Waals surface area (Å²) >= 11 is 0. The molecule has 1 aliphatic carbocycles. The Morgan fingerprint density at radius 3 is 2.28 bits per heavy atom. The number of nitrogens with one attached hydrogen (secondary N) is 1. The molecule has 1 fully saturated rings. The molecule has 25 heavy (non-hydrogen) atoms. The van der Waals surface area contributed by atoms with Crippen LogP contribution in [0, 0.1) is 25.7 Å². The highest BCUT2D eigenvalue weighted by molar-refractivity contribution is 6.04. The van der Waals surface area contributed by atoms with Gasteiger partial charge in [0.05, 0.1) is 11.8 Å². The summed E-state index contributed by atoms with van der Waals surface area (Å²) in [4.78, 5) is 27.0. The molecular weight excluding hydrogens is 312 g/mol. The van der Waals surface area contributed by atoms with Crippen molar-refractivity contribution < 1.29 is 9.59 Å². The second-order valence-electron chi connectivity index (χ2n) is 6.73. The van der Waals surface area contributed by atoms with E-state index in [0.29, 0.717) is 13.0 Å². The second-order valence-corrected chi connectivity index (χ2v) is 6.73. The first kappa shape index (κ1) is 17.2. The van der Waals surface area contributed by atoms with E-state index in [0.717, 1.165) is 22.5 Å². The molecule has 0 heterocycles. The van der Waals surface area contributed by atoms with Gasteiger partial charge in [-0.2, -0.15) is 0 Å². The van der Waals surface area contributed by atoms with Crippen molar-refractivity contribution in [3.05, 3.63) is 59.7 Å². The number of aryl methyl sites for hydroxylation is 2. The van der Waals surface area contributed by atoms with Crippen LogP contribution in [0.25, 0.3) is 0 Å². The smallest absolute Gasteiger partial charge is 0.230 e. The molecular formula is C21H24N2O2. The molecule has 0 spiro atoms. The highest BCUT2D eigenvalue weighted by atomic mass is 16.2. The van der Waals surface area contributed by atoms with E-state index < -0.39 is 0 Å². The third-order valence-electron chi connectivity index (χ3n) is 4.58. The summed E-state index contributed by atoms with van der Waals surface area (Å²) in [7, 11) is 0. The summed E-state index contributed by atoms with van der Waals surface area (Å²) in [5.41, 5.74) is 3.91. The lowest BCUT2D eigenvalue weighted by Crippen LogP contribution is -2.33. The number of hydrogen-bond acceptors (Lipinski definition) is 2. The van der Waals surface area contributed by atoms with Crippen LogP contribution in [0.3, 0.4) is 0 Å². The second kappa shape index (κ2) is 7.09. The van der Waals surface area contributed by atoms with Crippen molar-refractivity contribution in [3.8, 4) is 0 Å². The molecule has 0 aromatic heterocycles. The largest absolute Gasteiger partial charge is 0.326 e. The minimum absolute atomic E-state index is 0.0364. The molecule has 2 unspecified atom stereocenters. The number of nitrogens with zero attached hydrogens (tertiary/aromatic N) is 1. The number of hydrogen-bond donors (Lipinski definition) is 1. The van der Waals surface area contributed by atoms with E-state index in [1.165, 1.54) is 0 Å². The molecule has 1 saturated carbocycles. The van der Waals surface area contributed by atoms with E-state index >= 15 is 0 Å². The zero-order valence-corrected chi connectivity index (χ0v) is 15.0. The molecule has 0 aliphatic heterocycles. The molecule has 2 aromatic rings. The van der Waals surface area contributed by atoms with Crippen LogP contribution < -0.4 is 10.2 Å². The predicted octanol–water partition coefficient (Wildman–Crippen LogP) is 3.93. The third-order valence-corrected chi connectivity index (χ3v) is 4.58. The summed E-state index contributed by atoms with van der Waals surface area (Å²) in [5.74, 6) is -0.473. The van der Waals surface area contributed by atoms with Gasteiger partial charge in [-0.05, 0) is 62.6 Å². The Morgan fingerprint density at radius 2 is 1.68 bits per heavy atom. The minimum atomic E-state index is -0.230. The SMILES string of the molecule is CCN(C(=O)C1CC1C(=O)Nc1cc(C)cc(C)c1)c1ccccc1. The Morgan fingerprint density at radius 1 is 1.04 bits per heavy atom. The lowest BCUT2D eigenvalue weighted by Gasteiger charge is -2.21. The number of carbonyl (C=O) groups excluding carboxylic acids is 2. The van der Waals surface area contributed by atoms with E-state index in [4.69, 9.17) is 0 Å². The Balaban J connectivity index is 1.65. The van der Waals surface area contributed by atoms with Crippen molar-refractivity contribution >= 4 is 23.2 Å². The first-order valence-electron chi connectivity index (χ1n) is 8.75. The molecule has 4 heteroatoms. The van der Waals surface area contributed by atoms with Gasteiger partial charge in [-0.1, -0.05) is 24.3 Å². The van der Waals surface area contributed by atoms with Gasteiger partial charge in [0, 0.05) is 17.9 Å². The fraction of sp³-hybridized carbons (Fsp3) is 0.333. The minimum Gasteiger partial charge on any atom is -0.326 e. The fourth-order valence-corrected chi connectivity index (χ4v) is 3.31. The van der Waals surface area contributed by atoms with Gasteiger partial charge in [0.2, 0.25) is 11.8 Å². The van der Waals surface area contributed by atoms with Crippen LogP contribution >= 0.6 is 0 Å². The zero-order chi connectivity index (χ0) is 18.0. The van der Waals surface area contributed by atoms with E-state index in [9.17, 15) is 9.59 Å². The molecule has 4 nitrogen and oxygen atoms in total. The van der Waals surface area contributed by atoms with Crippen molar-refractivity contribution in [1.82, 2.24) is 0 Å². The highest BCUT2D eigenvalue weighted by Gasteiger charge is 2.49. The van der Waals surface area contributed by atoms with Crippen LogP contribution in [-0.4, -0.2) is 18.4 Å². The van der Waals surface area contributed by atoms with E-state index in [1.54, 1.807) is 4.90 Å². The predicted molar refractivity (Wildman–Crippen MR) is 101 cm³/mol. The number of para-hydroxylation sites is 1. The van der Waals surface area contributed by atoms with Crippen LogP contribution in [0.5, 0.6) is 0 Å². The lowest BCUT2D eigenvalue weighted by atomic mass is 10.1. The molecule has 0 radical (unpaired) electrons. The summed E-state index contributed by atoms with van der Waals surface area (Å²) in [5, 5.41) is 2.96. The molecule has 2 amide bonds. The van der Waals surface area contributed by atoms with Crippen LogP contribution in [0.4, 0.5) is 11.4 Å². The fourth-order valence-electron chi connectivity index (χ4n) is 3.31. The zero-order valence-electron chi connectivity index (χ0n) is 15.0. The van der Waals surface area contributed by atoms with E-state index in [-0.39, 0.29) is 23.7 Å². The maximum absolute atomic E-state index is 12.8. The van der Waals surface area contributed by atoms with Gasteiger partial charge in [0.25, 0.3) is 0 Å². The standard InChI is InChI=1S/C21H24N2O2/c1-4-23(17-8-6-5-7-9-17)21(25)19-13-18(19)20(24)22-16-11-14(2)10-15(3)12-16/h5-12,18-19H,4,13H2,1-3H3,(H,22,24). The van der Waals surface area contributed by atoms with Gasteiger partial charge in [-0.3, -0.25) is 9.59 Å². The molecule has 0 bridgehead atoms. The van der Waals surface area contributed by atoms with Crippen LogP contribution in [-0.2, 0) is 9.59 Å². The Hall–Kier alpha value is -2.62. The van der Waals surface area contributed by atoms with Crippen molar-refractivity contribution in [2.75, 3.05) is 16.8 Å². The highest BCUT2D eigenvalue weighted by Crippen LogP contribution is 2.41. The monoisotopic (exact) mass is 336 g/mol. The van der Waals surface area contributed by atoms with Gasteiger partial charge in [0.1, 0.15) is 0 Å².